The van der Waals surface area contributed by atoms with Gasteiger partial charge in [0.1, 0.15) is 17.6 Å². The molecule has 1 atom stereocenters. The molecule has 1 aromatic carbocycles. The summed E-state index contributed by atoms with van der Waals surface area (Å²) in [5.41, 5.74) is 0.113. The van der Waals surface area contributed by atoms with Crippen LogP contribution < -0.4 is 10.1 Å². The minimum absolute atomic E-state index is 0.131. The summed E-state index contributed by atoms with van der Waals surface area (Å²) in [7, 11) is 1.54. The zero-order valence-corrected chi connectivity index (χ0v) is 14.2. The maximum atomic E-state index is 11.9. The van der Waals surface area contributed by atoms with E-state index in [0.29, 0.717) is 11.3 Å². The van der Waals surface area contributed by atoms with E-state index in [1.165, 1.54) is 7.11 Å². The van der Waals surface area contributed by atoms with Crippen molar-refractivity contribution in [2.75, 3.05) is 7.11 Å². The number of hydrogen-bond donors (Lipinski definition) is 1. The molecule has 0 aliphatic heterocycles. The van der Waals surface area contributed by atoms with E-state index in [1.807, 2.05) is 12.1 Å². The average Bonchev–Trinajstić information content (AvgIpc) is 2.36. The van der Waals surface area contributed by atoms with Gasteiger partial charge in [0, 0.05) is 16.5 Å². The molecule has 6 heteroatoms. The van der Waals surface area contributed by atoms with Gasteiger partial charge in [-0.3, -0.25) is 0 Å². The van der Waals surface area contributed by atoms with Gasteiger partial charge in [-0.1, -0.05) is 15.9 Å². The van der Waals surface area contributed by atoms with Crippen LogP contribution in [0.3, 0.4) is 0 Å². The third-order valence-corrected chi connectivity index (χ3v) is 3.08. The fraction of sp³-hybridized carbons (Fsp3) is 0.467. The van der Waals surface area contributed by atoms with Crippen molar-refractivity contribution >= 4 is 28.3 Å². The molecule has 0 saturated carbocycles. The van der Waals surface area contributed by atoms with E-state index in [9.17, 15) is 9.59 Å². The zero-order valence-electron chi connectivity index (χ0n) is 12.6. The number of aldehydes is 1. The van der Waals surface area contributed by atoms with Crippen molar-refractivity contribution < 1.29 is 19.1 Å². The molecule has 1 amide bonds. The molecule has 1 N–H and O–H groups in total. The van der Waals surface area contributed by atoms with E-state index >= 15 is 0 Å². The Morgan fingerprint density at radius 1 is 1.43 bits per heavy atom. The highest BCUT2D eigenvalue weighted by Gasteiger charge is 2.22. The monoisotopic (exact) mass is 357 g/mol. The number of nitrogens with one attached hydrogen (secondary N) is 1. The van der Waals surface area contributed by atoms with Crippen LogP contribution in [0.25, 0.3) is 0 Å². The second-order valence-corrected chi connectivity index (χ2v) is 6.40. The zero-order chi connectivity index (χ0) is 16.0. The SMILES string of the molecule is COc1ccc(Br)cc1[C@H](CC=O)NC(=O)OC(C)(C)C. The predicted octanol–water partition coefficient (Wildman–Crippen LogP) is 3.61. The Morgan fingerprint density at radius 3 is 2.62 bits per heavy atom. The highest BCUT2D eigenvalue weighted by Crippen LogP contribution is 2.30. The van der Waals surface area contributed by atoms with Crippen molar-refractivity contribution in [1.29, 1.82) is 0 Å². The molecule has 5 nitrogen and oxygen atoms in total. The fourth-order valence-electron chi connectivity index (χ4n) is 1.79. The summed E-state index contributed by atoms with van der Waals surface area (Å²) >= 11 is 3.37. The number of methoxy groups -OCH3 is 1. The molecule has 116 valence electrons. The summed E-state index contributed by atoms with van der Waals surface area (Å²) in [6, 6.07) is 4.90. The Balaban J connectivity index is 2.99. The topological polar surface area (TPSA) is 64.6 Å². The van der Waals surface area contributed by atoms with E-state index in [-0.39, 0.29) is 6.42 Å². The second kappa shape index (κ2) is 7.45. The third kappa shape index (κ3) is 5.75. The van der Waals surface area contributed by atoms with Crippen molar-refractivity contribution in [3.63, 3.8) is 0 Å². The van der Waals surface area contributed by atoms with Crippen LogP contribution >= 0.6 is 15.9 Å². The summed E-state index contributed by atoms with van der Waals surface area (Å²) in [5, 5.41) is 2.70. The molecule has 0 spiro atoms. The molecule has 21 heavy (non-hydrogen) atoms. The maximum Gasteiger partial charge on any atom is 0.408 e. The first-order chi connectivity index (χ1) is 9.76. The van der Waals surface area contributed by atoms with Gasteiger partial charge in [0.15, 0.2) is 0 Å². The summed E-state index contributed by atoms with van der Waals surface area (Å²) in [6.45, 7) is 5.34. The number of carbonyl (C=O) groups excluding carboxylic acids is 2. The predicted molar refractivity (Wildman–Crippen MR) is 83.5 cm³/mol. The molecule has 0 aliphatic rings. The Hall–Kier alpha value is -1.56. The minimum atomic E-state index is -0.600. The van der Waals surface area contributed by atoms with E-state index in [4.69, 9.17) is 9.47 Å². The summed E-state index contributed by atoms with van der Waals surface area (Å²) in [5.74, 6) is 0.598. The van der Waals surface area contributed by atoms with Gasteiger partial charge in [-0.25, -0.2) is 4.79 Å². The normalized spacial score (nSPS) is 12.4. The largest absolute Gasteiger partial charge is 0.496 e. The van der Waals surface area contributed by atoms with Crippen LogP contribution in [-0.4, -0.2) is 25.1 Å². The smallest absolute Gasteiger partial charge is 0.408 e. The molecule has 0 aliphatic carbocycles. The van der Waals surface area contributed by atoms with Gasteiger partial charge in [-0.2, -0.15) is 0 Å². The first-order valence-corrected chi connectivity index (χ1v) is 7.32. The second-order valence-electron chi connectivity index (χ2n) is 5.49. The number of rotatable bonds is 5. The highest BCUT2D eigenvalue weighted by atomic mass is 79.9. The Morgan fingerprint density at radius 2 is 2.10 bits per heavy atom. The average molecular weight is 358 g/mol. The van der Waals surface area contributed by atoms with Crippen LogP contribution in [0.2, 0.25) is 0 Å². The van der Waals surface area contributed by atoms with Crippen LogP contribution in [-0.2, 0) is 9.53 Å². The molecule has 0 saturated heterocycles. The molecule has 0 unspecified atom stereocenters. The molecule has 1 rings (SSSR count). The van der Waals surface area contributed by atoms with Crippen molar-refractivity contribution in [3.8, 4) is 5.75 Å². The van der Waals surface area contributed by atoms with Crippen molar-refractivity contribution in [2.45, 2.75) is 38.8 Å². The highest BCUT2D eigenvalue weighted by molar-refractivity contribution is 9.10. The first kappa shape index (κ1) is 17.5. The van der Waals surface area contributed by atoms with E-state index in [0.717, 1.165) is 10.8 Å². The quantitative estimate of drug-likeness (QED) is 0.817. The summed E-state index contributed by atoms with van der Waals surface area (Å²) < 4.78 is 11.3. The van der Waals surface area contributed by atoms with Gasteiger partial charge < -0.3 is 19.6 Å². The molecule has 0 bridgehead atoms. The number of hydrogen-bond acceptors (Lipinski definition) is 4. The van der Waals surface area contributed by atoms with Gasteiger partial charge in [0.05, 0.1) is 13.2 Å². The third-order valence-electron chi connectivity index (χ3n) is 2.59. The minimum Gasteiger partial charge on any atom is -0.496 e. The van der Waals surface area contributed by atoms with Crippen LogP contribution in [0.1, 0.15) is 38.8 Å². The van der Waals surface area contributed by atoms with E-state index in [1.54, 1.807) is 26.8 Å². The fourth-order valence-corrected chi connectivity index (χ4v) is 2.17. The van der Waals surface area contributed by atoms with Crippen molar-refractivity contribution in [3.05, 3.63) is 28.2 Å². The van der Waals surface area contributed by atoms with Crippen LogP contribution in [0, 0.1) is 0 Å². The van der Waals surface area contributed by atoms with Gasteiger partial charge >= 0.3 is 6.09 Å². The molecule has 0 radical (unpaired) electrons. The lowest BCUT2D eigenvalue weighted by Crippen LogP contribution is -2.35. The number of carbonyl (C=O) groups is 2. The maximum absolute atomic E-state index is 11.9. The van der Waals surface area contributed by atoms with E-state index < -0.39 is 17.7 Å². The van der Waals surface area contributed by atoms with Gasteiger partial charge in [0.2, 0.25) is 0 Å². The lowest BCUT2D eigenvalue weighted by Gasteiger charge is -2.24. The Kier molecular flexibility index (Phi) is 6.20. The lowest BCUT2D eigenvalue weighted by atomic mass is 10.0. The van der Waals surface area contributed by atoms with Gasteiger partial charge in [0.25, 0.3) is 0 Å². The number of halogens is 1. The molecule has 0 fully saturated rings. The van der Waals surface area contributed by atoms with Crippen molar-refractivity contribution in [1.82, 2.24) is 5.32 Å². The first-order valence-electron chi connectivity index (χ1n) is 6.53. The number of alkyl carbamates (subject to hydrolysis) is 1. The van der Waals surface area contributed by atoms with Gasteiger partial charge in [-0.05, 0) is 39.0 Å². The molecule has 0 aromatic heterocycles. The molecule has 1 aromatic rings. The summed E-state index contributed by atoms with van der Waals surface area (Å²) in [4.78, 5) is 22.8. The number of benzene rings is 1. The molecular weight excluding hydrogens is 338 g/mol. The number of amides is 1. The van der Waals surface area contributed by atoms with Gasteiger partial charge in [-0.15, -0.1) is 0 Å². The lowest BCUT2D eigenvalue weighted by molar-refractivity contribution is -0.108. The number of ether oxygens (including phenoxy) is 2. The summed E-state index contributed by atoms with van der Waals surface area (Å²) in [6.07, 6.45) is 0.311. The Labute approximate surface area is 133 Å². The van der Waals surface area contributed by atoms with Crippen LogP contribution in [0.15, 0.2) is 22.7 Å². The molecular formula is C15H20BrNO4. The van der Waals surface area contributed by atoms with Crippen LogP contribution in [0.5, 0.6) is 5.75 Å². The van der Waals surface area contributed by atoms with Crippen molar-refractivity contribution in [2.24, 2.45) is 0 Å². The molecule has 0 heterocycles. The standard InChI is InChI=1S/C15H20BrNO4/c1-15(2,3)21-14(19)17-12(7-8-18)11-9-10(16)5-6-13(11)20-4/h5-6,8-9,12H,7H2,1-4H3,(H,17,19)/t12-/m0/s1. The Bertz CT molecular complexity index is 511. The van der Waals surface area contributed by atoms with E-state index in [2.05, 4.69) is 21.2 Å². The van der Waals surface area contributed by atoms with Crippen LogP contribution in [0.4, 0.5) is 4.79 Å².